The first-order chi connectivity index (χ1) is 14.9. The fourth-order valence-corrected chi connectivity index (χ4v) is 3.42. The highest BCUT2D eigenvalue weighted by atomic mass is 16.5. The Morgan fingerprint density at radius 1 is 1.10 bits per heavy atom. The molecule has 3 rings (SSSR count). The molecule has 0 heterocycles. The Bertz CT molecular complexity index is 907. The molecule has 1 aliphatic carbocycles. The summed E-state index contributed by atoms with van der Waals surface area (Å²) in [7, 11) is 0. The topological polar surface area (TPSA) is 105 Å². The van der Waals surface area contributed by atoms with Crippen LogP contribution in [0.2, 0.25) is 0 Å². The van der Waals surface area contributed by atoms with Crippen molar-refractivity contribution in [1.82, 2.24) is 0 Å². The normalized spacial score (nSPS) is 12.8. The van der Waals surface area contributed by atoms with Crippen molar-refractivity contribution in [3.63, 3.8) is 0 Å². The standard InChI is InChI=1S/C21H25NO2.C3H3NO3/c1-15-11-16(2)13-18(12-15)22-21(23)14-17-7-9-20(10-8-17)24-19-5-3-4-6-19;5-2-4-1-3(6)7/h7-13,19H,3-6,14H2,1-2H3,(H,22,23);1H2,(H,6,7). The van der Waals surface area contributed by atoms with Crippen LogP contribution in [0.5, 0.6) is 5.75 Å². The molecule has 0 aromatic heterocycles. The zero-order chi connectivity index (χ0) is 22.6. The SMILES string of the molecule is Cc1cc(C)cc(NC(=O)Cc2ccc(OC3CCCC3)cc2)c1.O=C=NCC(=O)O. The number of nitrogens with zero attached hydrogens (tertiary/aromatic N) is 1. The summed E-state index contributed by atoms with van der Waals surface area (Å²) < 4.78 is 5.96. The predicted octanol–water partition coefficient (Wildman–Crippen LogP) is 4.21. The van der Waals surface area contributed by atoms with Gasteiger partial charge >= 0.3 is 5.97 Å². The van der Waals surface area contributed by atoms with Gasteiger partial charge in [-0.25, -0.2) is 4.79 Å². The Hall–Kier alpha value is -3.44. The number of benzene rings is 2. The molecule has 0 radical (unpaired) electrons. The number of carbonyl (C=O) groups excluding carboxylic acids is 2. The minimum atomic E-state index is -1.12. The fraction of sp³-hybridized carbons (Fsp3) is 0.375. The number of ether oxygens (including phenoxy) is 1. The Morgan fingerprint density at radius 2 is 1.71 bits per heavy atom. The lowest BCUT2D eigenvalue weighted by molar-refractivity contribution is -0.135. The van der Waals surface area contributed by atoms with Crippen molar-refractivity contribution in [1.29, 1.82) is 0 Å². The monoisotopic (exact) mass is 424 g/mol. The number of carbonyl (C=O) groups is 2. The van der Waals surface area contributed by atoms with Gasteiger partial charge in [0.2, 0.25) is 12.0 Å². The van der Waals surface area contributed by atoms with E-state index in [-0.39, 0.29) is 5.91 Å². The van der Waals surface area contributed by atoms with Gasteiger partial charge in [-0.05, 0) is 80.5 Å². The van der Waals surface area contributed by atoms with Crippen LogP contribution in [-0.4, -0.2) is 35.7 Å². The van der Waals surface area contributed by atoms with Gasteiger partial charge in [0.1, 0.15) is 12.3 Å². The number of carboxylic acid groups (broad SMARTS) is 1. The van der Waals surface area contributed by atoms with Gasteiger partial charge < -0.3 is 15.2 Å². The summed E-state index contributed by atoms with van der Waals surface area (Å²) in [6.45, 7) is 3.58. The van der Waals surface area contributed by atoms with Crippen molar-refractivity contribution in [3.05, 3.63) is 59.2 Å². The van der Waals surface area contributed by atoms with Crippen molar-refractivity contribution in [3.8, 4) is 5.75 Å². The van der Waals surface area contributed by atoms with E-state index < -0.39 is 12.5 Å². The minimum Gasteiger partial charge on any atom is -0.490 e. The van der Waals surface area contributed by atoms with Gasteiger partial charge in [-0.3, -0.25) is 9.59 Å². The average Bonchev–Trinajstić information content (AvgIpc) is 3.20. The van der Waals surface area contributed by atoms with E-state index in [0.717, 1.165) is 47.0 Å². The Kier molecular flexibility index (Phi) is 9.46. The number of nitrogens with one attached hydrogen (secondary N) is 1. The second-order valence-corrected chi connectivity index (χ2v) is 7.57. The van der Waals surface area contributed by atoms with Crippen molar-refractivity contribution in [2.45, 2.75) is 52.1 Å². The lowest BCUT2D eigenvalue weighted by Crippen LogP contribution is -2.14. The molecular formula is C24H28N2O5. The first-order valence-corrected chi connectivity index (χ1v) is 10.2. The number of isocyanates is 1. The second-order valence-electron chi connectivity index (χ2n) is 7.57. The van der Waals surface area contributed by atoms with E-state index >= 15 is 0 Å². The molecule has 0 unspecified atom stereocenters. The molecule has 2 aromatic rings. The third-order valence-corrected chi connectivity index (χ3v) is 4.68. The van der Waals surface area contributed by atoms with Gasteiger partial charge in [0, 0.05) is 5.69 Å². The van der Waals surface area contributed by atoms with Crippen LogP contribution in [-0.2, 0) is 20.8 Å². The van der Waals surface area contributed by atoms with Crippen LogP contribution in [0.4, 0.5) is 5.69 Å². The maximum atomic E-state index is 12.2. The molecule has 0 spiro atoms. The van der Waals surface area contributed by atoms with Crippen LogP contribution >= 0.6 is 0 Å². The number of rotatable bonds is 7. The summed E-state index contributed by atoms with van der Waals surface area (Å²) in [5.74, 6) is -0.215. The summed E-state index contributed by atoms with van der Waals surface area (Å²) >= 11 is 0. The molecule has 164 valence electrons. The maximum Gasteiger partial charge on any atom is 0.326 e. The van der Waals surface area contributed by atoms with E-state index in [4.69, 9.17) is 14.6 Å². The van der Waals surface area contributed by atoms with Crippen molar-refractivity contribution in [2.24, 2.45) is 4.99 Å². The number of hydrogen-bond acceptors (Lipinski definition) is 5. The largest absolute Gasteiger partial charge is 0.490 e. The number of aryl methyl sites for hydroxylation is 2. The summed E-state index contributed by atoms with van der Waals surface area (Å²) in [5, 5.41) is 10.7. The molecular weight excluding hydrogens is 396 g/mol. The van der Waals surface area contributed by atoms with E-state index in [1.54, 1.807) is 0 Å². The van der Waals surface area contributed by atoms with Gasteiger partial charge in [0.25, 0.3) is 0 Å². The molecule has 7 heteroatoms. The first kappa shape index (κ1) is 23.8. The molecule has 2 aromatic carbocycles. The van der Waals surface area contributed by atoms with Gasteiger partial charge in [-0.2, -0.15) is 4.99 Å². The smallest absolute Gasteiger partial charge is 0.326 e. The Morgan fingerprint density at radius 3 is 2.23 bits per heavy atom. The van der Waals surface area contributed by atoms with Crippen molar-refractivity contribution in [2.75, 3.05) is 11.9 Å². The molecule has 1 amide bonds. The predicted molar refractivity (Wildman–Crippen MR) is 118 cm³/mol. The lowest BCUT2D eigenvalue weighted by Gasteiger charge is -2.13. The molecule has 1 aliphatic rings. The highest BCUT2D eigenvalue weighted by Gasteiger charge is 2.16. The number of amides is 1. The van der Waals surface area contributed by atoms with Gasteiger partial charge in [-0.15, -0.1) is 0 Å². The summed E-state index contributed by atoms with van der Waals surface area (Å²) in [6.07, 6.45) is 6.67. The van der Waals surface area contributed by atoms with Crippen LogP contribution in [0.25, 0.3) is 0 Å². The summed E-state index contributed by atoms with van der Waals surface area (Å²) in [4.78, 5) is 33.6. The third kappa shape index (κ3) is 9.28. The highest BCUT2D eigenvalue weighted by molar-refractivity contribution is 5.92. The second kappa shape index (κ2) is 12.3. The molecule has 0 bridgehead atoms. The molecule has 7 nitrogen and oxygen atoms in total. The van der Waals surface area contributed by atoms with Gasteiger partial charge in [0.05, 0.1) is 12.5 Å². The fourth-order valence-electron chi connectivity index (χ4n) is 3.42. The van der Waals surface area contributed by atoms with Crippen LogP contribution in [0.15, 0.2) is 47.5 Å². The van der Waals surface area contributed by atoms with Crippen LogP contribution in [0, 0.1) is 13.8 Å². The first-order valence-electron chi connectivity index (χ1n) is 10.2. The average molecular weight is 424 g/mol. The number of hydrogen-bond donors (Lipinski definition) is 2. The number of aliphatic carboxylic acids is 1. The molecule has 0 saturated heterocycles. The number of carboxylic acids is 1. The van der Waals surface area contributed by atoms with E-state index in [9.17, 15) is 9.59 Å². The van der Waals surface area contributed by atoms with E-state index in [2.05, 4.69) is 16.4 Å². The van der Waals surface area contributed by atoms with Crippen LogP contribution in [0.1, 0.15) is 42.4 Å². The zero-order valence-electron chi connectivity index (χ0n) is 17.9. The Balaban J connectivity index is 0.000000423. The van der Waals surface area contributed by atoms with Crippen LogP contribution < -0.4 is 10.1 Å². The molecule has 2 N–H and O–H groups in total. The molecule has 31 heavy (non-hydrogen) atoms. The minimum absolute atomic E-state index is 0.00413. The highest BCUT2D eigenvalue weighted by Crippen LogP contribution is 2.24. The third-order valence-electron chi connectivity index (χ3n) is 4.68. The molecule has 1 fully saturated rings. The summed E-state index contributed by atoms with van der Waals surface area (Å²) in [5.41, 5.74) is 4.16. The maximum absolute atomic E-state index is 12.2. The van der Waals surface area contributed by atoms with Gasteiger partial charge in [-0.1, -0.05) is 18.2 Å². The van der Waals surface area contributed by atoms with Crippen molar-refractivity contribution < 1.29 is 24.2 Å². The van der Waals surface area contributed by atoms with E-state index in [1.807, 2.05) is 50.2 Å². The van der Waals surface area contributed by atoms with E-state index in [0.29, 0.717) is 12.5 Å². The number of aliphatic imine (C=N–C) groups is 1. The zero-order valence-corrected chi connectivity index (χ0v) is 17.9. The molecule has 0 aliphatic heterocycles. The molecule has 1 saturated carbocycles. The molecule has 0 atom stereocenters. The Labute approximate surface area is 182 Å². The van der Waals surface area contributed by atoms with E-state index in [1.165, 1.54) is 12.8 Å². The quantitative estimate of drug-likeness (QED) is 0.512. The number of anilines is 1. The summed E-state index contributed by atoms with van der Waals surface area (Å²) in [6, 6.07) is 14.0. The van der Waals surface area contributed by atoms with Crippen molar-refractivity contribution >= 4 is 23.6 Å². The van der Waals surface area contributed by atoms with Gasteiger partial charge in [0.15, 0.2) is 0 Å². The van der Waals surface area contributed by atoms with Crippen LogP contribution in [0.3, 0.4) is 0 Å². The lowest BCUT2D eigenvalue weighted by atomic mass is 10.1.